The number of carbonyl (C=O) groups excluding carboxylic acids is 1. The number of nitrogens with one attached hydrogen (secondary N) is 1. The topological polar surface area (TPSA) is 46.9 Å². The fraction of sp³-hybridized carbons (Fsp3) is 0.333. The third-order valence-corrected chi connectivity index (χ3v) is 5.82. The number of imidazole rings is 1. The molecular weight excluding hydrogens is 342 g/mol. The van der Waals surface area contributed by atoms with Crippen LogP contribution in [0.25, 0.3) is 11.0 Å². The van der Waals surface area contributed by atoms with E-state index in [2.05, 4.69) is 47.3 Å². The SMILES string of the molecule is CSc1ccc(CNC(=O)c2ccc3c(c2)nc2n3CC[C@@H](C)C2)cc1. The van der Waals surface area contributed by atoms with E-state index in [9.17, 15) is 4.79 Å². The van der Waals surface area contributed by atoms with Crippen molar-refractivity contribution in [2.45, 2.75) is 37.8 Å². The minimum atomic E-state index is -0.0554. The summed E-state index contributed by atoms with van der Waals surface area (Å²) < 4.78 is 2.30. The van der Waals surface area contributed by atoms with Crippen molar-refractivity contribution < 1.29 is 4.79 Å². The third-order valence-electron chi connectivity index (χ3n) is 5.08. The molecule has 0 radical (unpaired) electrons. The second kappa shape index (κ2) is 7.16. The van der Waals surface area contributed by atoms with Crippen LogP contribution in [0.15, 0.2) is 47.4 Å². The van der Waals surface area contributed by atoms with Crippen LogP contribution >= 0.6 is 11.8 Å². The number of fused-ring (bicyclic) bond motifs is 3. The van der Waals surface area contributed by atoms with E-state index in [1.54, 1.807) is 11.8 Å². The van der Waals surface area contributed by atoms with Crippen LogP contribution in [0.1, 0.15) is 35.1 Å². The monoisotopic (exact) mass is 365 g/mol. The van der Waals surface area contributed by atoms with Crippen molar-refractivity contribution in [2.24, 2.45) is 5.92 Å². The standard InChI is InChI=1S/C21H23N3OS/c1-14-9-10-24-19-8-5-16(12-18(19)23-20(24)11-14)21(25)22-13-15-3-6-17(26-2)7-4-15/h3-8,12,14H,9-11,13H2,1-2H3,(H,22,25)/t14-/m1/s1. The first-order chi connectivity index (χ1) is 12.6. The zero-order valence-electron chi connectivity index (χ0n) is 15.2. The number of thioether (sulfide) groups is 1. The quantitative estimate of drug-likeness (QED) is 0.702. The number of carbonyl (C=O) groups is 1. The largest absolute Gasteiger partial charge is 0.348 e. The van der Waals surface area contributed by atoms with Crippen LogP contribution in [-0.4, -0.2) is 21.7 Å². The van der Waals surface area contributed by atoms with Gasteiger partial charge in [-0.3, -0.25) is 4.79 Å². The molecule has 1 atom stereocenters. The molecule has 1 N–H and O–H groups in total. The summed E-state index contributed by atoms with van der Waals surface area (Å²) in [6.07, 6.45) is 4.26. The molecule has 2 aromatic carbocycles. The minimum Gasteiger partial charge on any atom is -0.348 e. The molecule has 0 saturated heterocycles. The number of hydrogen-bond acceptors (Lipinski definition) is 3. The van der Waals surface area contributed by atoms with Crippen LogP contribution in [0.3, 0.4) is 0 Å². The Morgan fingerprint density at radius 1 is 1.27 bits per heavy atom. The number of hydrogen-bond donors (Lipinski definition) is 1. The molecule has 0 unspecified atom stereocenters. The molecule has 0 spiro atoms. The molecule has 4 rings (SSSR count). The molecule has 1 aliphatic heterocycles. The van der Waals surface area contributed by atoms with Gasteiger partial charge in [0.15, 0.2) is 0 Å². The van der Waals surface area contributed by atoms with E-state index in [0.29, 0.717) is 18.0 Å². The molecular formula is C21H23N3OS. The predicted molar refractivity (Wildman–Crippen MR) is 107 cm³/mol. The average molecular weight is 366 g/mol. The highest BCUT2D eigenvalue weighted by Crippen LogP contribution is 2.25. The zero-order chi connectivity index (χ0) is 18.1. The first-order valence-electron chi connectivity index (χ1n) is 9.04. The Morgan fingerprint density at radius 3 is 2.85 bits per heavy atom. The van der Waals surface area contributed by atoms with Crippen molar-refractivity contribution in [1.29, 1.82) is 0 Å². The summed E-state index contributed by atoms with van der Waals surface area (Å²) in [7, 11) is 0. The first-order valence-corrected chi connectivity index (χ1v) is 10.3. The van der Waals surface area contributed by atoms with Gasteiger partial charge in [-0.2, -0.15) is 0 Å². The maximum Gasteiger partial charge on any atom is 0.251 e. The summed E-state index contributed by atoms with van der Waals surface area (Å²) in [6, 6.07) is 14.1. The predicted octanol–water partition coefficient (Wildman–Crippen LogP) is 4.27. The lowest BCUT2D eigenvalue weighted by Crippen LogP contribution is -2.22. The van der Waals surface area contributed by atoms with Crippen molar-refractivity contribution in [3.63, 3.8) is 0 Å². The van der Waals surface area contributed by atoms with Gasteiger partial charge in [0.25, 0.3) is 5.91 Å². The number of aryl methyl sites for hydroxylation is 1. The van der Waals surface area contributed by atoms with Crippen molar-refractivity contribution in [1.82, 2.24) is 14.9 Å². The Balaban J connectivity index is 1.49. The molecule has 0 saturated carbocycles. The molecule has 3 aromatic rings. The summed E-state index contributed by atoms with van der Waals surface area (Å²) in [6.45, 7) is 3.82. The third kappa shape index (κ3) is 3.36. The smallest absolute Gasteiger partial charge is 0.251 e. The van der Waals surface area contributed by atoms with E-state index in [4.69, 9.17) is 4.98 Å². The van der Waals surface area contributed by atoms with Crippen LogP contribution in [0.4, 0.5) is 0 Å². The lowest BCUT2D eigenvalue weighted by molar-refractivity contribution is 0.0951. The normalized spacial score (nSPS) is 16.5. The van der Waals surface area contributed by atoms with Crippen molar-refractivity contribution in [3.8, 4) is 0 Å². The van der Waals surface area contributed by atoms with E-state index < -0.39 is 0 Å². The number of rotatable bonds is 4. The van der Waals surface area contributed by atoms with Gasteiger partial charge in [0.05, 0.1) is 11.0 Å². The van der Waals surface area contributed by atoms with Crippen LogP contribution in [0.2, 0.25) is 0 Å². The second-order valence-corrected chi connectivity index (χ2v) is 7.89. The lowest BCUT2D eigenvalue weighted by atomic mass is 10.0. The molecule has 2 heterocycles. The summed E-state index contributed by atoms with van der Waals surface area (Å²) >= 11 is 1.71. The maximum atomic E-state index is 12.5. The number of benzene rings is 2. The highest BCUT2D eigenvalue weighted by molar-refractivity contribution is 7.98. The molecule has 1 amide bonds. The van der Waals surface area contributed by atoms with Gasteiger partial charge >= 0.3 is 0 Å². The van der Waals surface area contributed by atoms with Gasteiger partial charge in [-0.15, -0.1) is 11.8 Å². The van der Waals surface area contributed by atoms with Gasteiger partial charge in [-0.25, -0.2) is 4.98 Å². The van der Waals surface area contributed by atoms with Gasteiger partial charge in [0.2, 0.25) is 0 Å². The average Bonchev–Trinajstić information content (AvgIpc) is 3.02. The van der Waals surface area contributed by atoms with E-state index in [-0.39, 0.29) is 5.91 Å². The van der Waals surface area contributed by atoms with E-state index in [0.717, 1.165) is 35.4 Å². The molecule has 4 nitrogen and oxygen atoms in total. The van der Waals surface area contributed by atoms with Crippen LogP contribution in [0, 0.1) is 5.92 Å². The molecule has 134 valence electrons. The molecule has 0 aliphatic carbocycles. The Morgan fingerprint density at radius 2 is 2.08 bits per heavy atom. The molecule has 26 heavy (non-hydrogen) atoms. The molecule has 1 aliphatic rings. The summed E-state index contributed by atoms with van der Waals surface area (Å²) in [4.78, 5) is 18.5. The lowest BCUT2D eigenvalue weighted by Gasteiger charge is -2.19. The van der Waals surface area contributed by atoms with Crippen LogP contribution < -0.4 is 5.32 Å². The zero-order valence-corrected chi connectivity index (χ0v) is 16.0. The summed E-state index contributed by atoms with van der Waals surface area (Å²) in [5, 5.41) is 3.01. The summed E-state index contributed by atoms with van der Waals surface area (Å²) in [5.74, 6) is 1.77. The first kappa shape index (κ1) is 17.2. The summed E-state index contributed by atoms with van der Waals surface area (Å²) in [5.41, 5.74) is 3.83. The highest BCUT2D eigenvalue weighted by Gasteiger charge is 2.19. The molecule has 5 heteroatoms. The van der Waals surface area contributed by atoms with E-state index >= 15 is 0 Å². The van der Waals surface area contributed by atoms with Gasteiger partial charge in [0, 0.05) is 30.0 Å². The fourth-order valence-electron chi connectivity index (χ4n) is 3.52. The minimum absolute atomic E-state index is 0.0554. The Kier molecular flexibility index (Phi) is 4.72. The van der Waals surface area contributed by atoms with Crippen molar-refractivity contribution >= 4 is 28.7 Å². The van der Waals surface area contributed by atoms with Gasteiger partial charge in [0.1, 0.15) is 5.82 Å². The fourth-order valence-corrected chi connectivity index (χ4v) is 3.93. The maximum absolute atomic E-state index is 12.5. The number of nitrogens with zero attached hydrogens (tertiary/aromatic N) is 2. The van der Waals surface area contributed by atoms with Gasteiger partial charge < -0.3 is 9.88 Å². The number of aromatic nitrogens is 2. The Labute approximate surface area is 158 Å². The Bertz CT molecular complexity index is 946. The molecule has 0 fully saturated rings. The van der Waals surface area contributed by atoms with E-state index in [1.165, 1.54) is 11.3 Å². The molecule has 0 bridgehead atoms. The second-order valence-electron chi connectivity index (χ2n) is 7.01. The van der Waals surface area contributed by atoms with Gasteiger partial charge in [-0.1, -0.05) is 19.1 Å². The molecule has 1 aromatic heterocycles. The van der Waals surface area contributed by atoms with Crippen LogP contribution in [0.5, 0.6) is 0 Å². The van der Waals surface area contributed by atoms with Gasteiger partial charge in [-0.05, 0) is 54.5 Å². The van der Waals surface area contributed by atoms with Crippen LogP contribution in [-0.2, 0) is 19.5 Å². The highest BCUT2D eigenvalue weighted by atomic mass is 32.2. The Hall–Kier alpha value is -2.27. The van der Waals surface area contributed by atoms with E-state index in [1.807, 2.05) is 18.2 Å². The number of amides is 1. The van der Waals surface area contributed by atoms with Crippen molar-refractivity contribution in [2.75, 3.05) is 6.26 Å². The van der Waals surface area contributed by atoms with Crippen molar-refractivity contribution in [3.05, 3.63) is 59.4 Å².